The number of nitriles is 1. The van der Waals surface area contributed by atoms with Crippen molar-refractivity contribution < 1.29 is 4.39 Å². The Morgan fingerprint density at radius 2 is 1.74 bits per heavy atom. The Balaban J connectivity index is 2.13. The molecule has 0 heterocycles. The first kappa shape index (κ1) is 13.7. The third-order valence-electron chi connectivity index (χ3n) is 2.52. The maximum Gasteiger partial charge on any atom is 0.123 e. The van der Waals surface area contributed by atoms with Crippen LogP contribution in [0.25, 0.3) is 0 Å². The minimum absolute atomic E-state index is 0.295. The first-order valence-electron chi connectivity index (χ1n) is 5.62. The molecule has 0 aliphatic rings. The van der Waals surface area contributed by atoms with Crippen molar-refractivity contribution in [2.45, 2.75) is 5.25 Å². The second-order valence-electron chi connectivity index (χ2n) is 3.83. The molecule has 0 aliphatic heterocycles. The molecule has 1 atom stereocenters. The molecule has 0 spiro atoms. The van der Waals surface area contributed by atoms with Crippen molar-refractivity contribution >= 4 is 28.2 Å². The van der Waals surface area contributed by atoms with E-state index in [0.717, 1.165) is 11.1 Å². The van der Waals surface area contributed by atoms with Crippen molar-refractivity contribution in [3.05, 3.63) is 71.5 Å². The van der Waals surface area contributed by atoms with Gasteiger partial charge in [0, 0.05) is 0 Å². The van der Waals surface area contributed by atoms with Crippen molar-refractivity contribution in [1.29, 1.82) is 5.26 Å². The maximum atomic E-state index is 12.8. The average Bonchev–Trinajstić information content (AvgIpc) is 2.46. The Bertz CT molecular complexity index is 602. The van der Waals surface area contributed by atoms with Gasteiger partial charge in [0.05, 0.1) is 10.3 Å². The highest BCUT2D eigenvalue weighted by Crippen LogP contribution is 2.31. The van der Waals surface area contributed by atoms with E-state index in [1.54, 1.807) is 12.1 Å². The summed E-state index contributed by atoms with van der Waals surface area (Å²) in [5.41, 5.74) is 1.68. The Kier molecular flexibility index (Phi) is 4.67. The molecular formula is C15H10FNS2. The van der Waals surface area contributed by atoms with Gasteiger partial charge in [-0.15, -0.1) is 0 Å². The monoisotopic (exact) mass is 287 g/mol. The maximum absolute atomic E-state index is 12.8. The second-order valence-corrected chi connectivity index (χ2v) is 5.61. The van der Waals surface area contributed by atoms with Crippen LogP contribution in [-0.2, 0) is 0 Å². The molecule has 1 unspecified atom stereocenters. The molecule has 0 radical (unpaired) electrons. The summed E-state index contributed by atoms with van der Waals surface area (Å²) in [5.74, 6) is -0.295. The molecule has 0 aromatic heterocycles. The summed E-state index contributed by atoms with van der Waals surface area (Å²) in [4.78, 5) is 0. The van der Waals surface area contributed by atoms with E-state index >= 15 is 0 Å². The van der Waals surface area contributed by atoms with Gasteiger partial charge < -0.3 is 0 Å². The Morgan fingerprint density at radius 1 is 1.11 bits per heavy atom. The Labute approximate surface area is 121 Å². The summed E-state index contributed by atoms with van der Waals surface area (Å²) in [6.07, 6.45) is 0. The minimum Gasteiger partial charge on any atom is -0.207 e. The lowest BCUT2D eigenvalue weighted by atomic mass is 10.2. The number of halogens is 1. The van der Waals surface area contributed by atoms with Gasteiger partial charge >= 0.3 is 0 Å². The number of nitrogens with zero attached hydrogens (tertiary/aromatic N) is 1. The number of rotatable bonds is 3. The molecule has 2 aromatic rings. The van der Waals surface area contributed by atoms with Crippen molar-refractivity contribution in [2.75, 3.05) is 0 Å². The van der Waals surface area contributed by atoms with E-state index in [1.807, 2.05) is 30.3 Å². The summed E-state index contributed by atoms with van der Waals surface area (Å²) in [7, 11) is 0. The number of hydrogen-bond donors (Lipinski definition) is 0. The van der Waals surface area contributed by atoms with Crippen LogP contribution in [0.1, 0.15) is 16.4 Å². The summed E-state index contributed by atoms with van der Waals surface area (Å²) in [5, 5.41) is 8.88. The number of thioether (sulfide) groups is 1. The average molecular weight is 287 g/mol. The Hall–Kier alpha value is -1.70. The highest BCUT2D eigenvalue weighted by atomic mass is 32.2. The summed E-state index contributed by atoms with van der Waals surface area (Å²) >= 11 is 6.60. The molecule has 4 heteroatoms. The zero-order valence-electron chi connectivity index (χ0n) is 9.92. The summed E-state index contributed by atoms with van der Waals surface area (Å²) < 4.78 is 13.4. The van der Waals surface area contributed by atoms with E-state index in [1.165, 1.54) is 23.9 Å². The van der Waals surface area contributed by atoms with Gasteiger partial charge in [-0.1, -0.05) is 66.4 Å². The highest BCUT2D eigenvalue weighted by molar-refractivity contribution is 8.23. The van der Waals surface area contributed by atoms with Crippen molar-refractivity contribution in [3.63, 3.8) is 0 Å². The lowest BCUT2D eigenvalue weighted by Crippen LogP contribution is -1.98. The smallest absolute Gasteiger partial charge is 0.123 e. The molecule has 0 saturated heterocycles. The predicted octanol–water partition coefficient (Wildman–Crippen LogP) is 4.50. The van der Waals surface area contributed by atoms with Gasteiger partial charge in [0.25, 0.3) is 0 Å². The van der Waals surface area contributed by atoms with E-state index in [-0.39, 0.29) is 11.1 Å². The van der Waals surface area contributed by atoms with Gasteiger partial charge in [-0.25, -0.2) is 4.39 Å². The number of thiocarbonyl (C=S) groups is 1. The normalized spacial score (nSPS) is 11.6. The van der Waals surface area contributed by atoms with Crippen LogP contribution >= 0.6 is 24.0 Å². The molecule has 2 aromatic carbocycles. The van der Waals surface area contributed by atoms with E-state index in [2.05, 4.69) is 6.07 Å². The molecule has 0 fully saturated rings. The van der Waals surface area contributed by atoms with Gasteiger partial charge in [0.1, 0.15) is 11.1 Å². The zero-order chi connectivity index (χ0) is 13.7. The lowest BCUT2D eigenvalue weighted by molar-refractivity contribution is 0.628. The molecule has 0 N–H and O–H groups in total. The van der Waals surface area contributed by atoms with E-state index in [9.17, 15) is 9.65 Å². The molecule has 0 aliphatic carbocycles. The fourth-order valence-corrected chi connectivity index (χ4v) is 2.81. The van der Waals surface area contributed by atoms with Gasteiger partial charge in [0.2, 0.25) is 0 Å². The van der Waals surface area contributed by atoms with Gasteiger partial charge in [0.15, 0.2) is 0 Å². The Morgan fingerprint density at radius 3 is 2.32 bits per heavy atom. The van der Waals surface area contributed by atoms with Crippen LogP contribution < -0.4 is 0 Å². The topological polar surface area (TPSA) is 23.8 Å². The summed E-state index contributed by atoms with van der Waals surface area (Å²) in [6, 6.07) is 17.7. The third kappa shape index (κ3) is 3.63. The fourth-order valence-electron chi connectivity index (χ4n) is 1.56. The number of hydrogen-bond acceptors (Lipinski definition) is 3. The van der Waals surface area contributed by atoms with Crippen molar-refractivity contribution in [1.82, 2.24) is 0 Å². The molecule has 94 valence electrons. The molecular weight excluding hydrogens is 277 g/mol. The van der Waals surface area contributed by atoms with Crippen LogP contribution in [0.2, 0.25) is 0 Å². The second kappa shape index (κ2) is 6.46. The van der Waals surface area contributed by atoms with Gasteiger partial charge in [-0.3, -0.25) is 0 Å². The van der Waals surface area contributed by atoms with Crippen LogP contribution in [0, 0.1) is 17.1 Å². The molecule has 1 nitrogen and oxygen atoms in total. The predicted molar refractivity (Wildman–Crippen MR) is 80.5 cm³/mol. The minimum atomic E-state index is -0.348. The van der Waals surface area contributed by atoms with E-state index in [0.29, 0.717) is 4.20 Å². The SMILES string of the molecule is N#CC(SC(=S)c1ccc(F)cc1)c1ccccc1. The quantitative estimate of drug-likeness (QED) is 0.777. The van der Waals surface area contributed by atoms with Crippen LogP contribution in [0.15, 0.2) is 54.6 Å². The standard InChI is InChI=1S/C15H10FNS2/c16-13-8-6-12(7-9-13)15(18)19-14(10-17)11-4-2-1-3-5-11/h1-9,14H. The molecule has 0 bridgehead atoms. The zero-order valence-corrected chi connectivity index (χ0v) is 11.5. The van der Waals surface area contributed by atoms with Crippen molar-refractivity contribution in [2.24, 2.45) is 0 Å². The van der Waals surface area contributed by atoms with Gasteiger partial charge in [-0.05, 0) is 23.3 Å². The van der Waals surface area contributed by atoms with Crippen LogP contribution in [0.3, 0.4) is 0 Å². The summed E-state index contributed by atoms with van der Waals surface area (Å²) in [6.45, 7) is 0. The third-order valence-corrected chi connectivity index (χ3v) is 4.11. The fraction of sp³-hybridized carbons (Fsp3) is 0.0667. The van der Waals surface area contributed by atoms with E-state index in [4.69, 9.17) is 12.2 Å². The first-order valence-corrected chi connectivity index (χ1v) is 6.90. The van der Waals surface area contributed by atoms with Crippen LogP contribution in [-0.4, -0.2) is 4.20 Å². The molecule has 0 saturated carbocycles. The van der Waals surface area contributed by atoms with E-state index < -0.39 is 0 Å². The molecule has 19 heavy (non-hydrogen) atoms. The van der Waals surface area contributed by atoms with Crippen LogP contribution in [0.5, 0.6) is 0 Å². The molecule has 0 amide bonds. The van der Waals surface area contributed by atoms with Crippen LogP contribution in [0.4, 0.5) is 4.39 Å². The number of benzene rings is 2. The first-order chi connectivity index (χ1) is 9.20. The lowest BCUT2D eigenvalue weighted by Gasteiger charge is -2.10. The van der Waals surface area contributed by atoms with Gasteiger partial charge in [-0.2, -0.15) is 5.26 Å². The molecule has 2 rings (SSSR count). The highest BCUT2D eigenvalue weighted by Gasteiger charge is 2.14. The largest absolute Gasteiger partial charge is 0.207 e. The van der Waals surface area contributed by atoms with Crippen molar-refractivity contribution in [3.8, 4) is 6.07 Å².